The van der Waals surface area contributed by atoms with Crippen molar-refractivity contribution in [1.29, 1.82) is 5.26 Å². The first-order valence-electron chi connectivity index (χ1n) is 4.43. The van der Waals surface area contributed by atoms with E-state index >= 15 is 0 Å². The monoisotopic (exact) mass is 191 g/mol. The van der Waals surface area contributed by atoms with Crippen molar-refractivity contribution in [3.05, 3.63) is 29.3 Å². The number of nitrogens with zero attached hydrogens (tertiary/aromatic N) is 1. The van der Waals surface area contributed by atoms with Crippen LogP contribution in [0.2, 0.25) is 0 Å². The second-order valence-corrected chi connectivity index (χ2v) is 3.15. The largest absolute Gasteiger partial charge is 0.478 e. The summed E-state index contributed by atoms with van der Waals surface area (Å²) in [6.45, 7) is 3.65. The SMILES string of the molecule is Cc1cc([C@@H](C)O)ccc1OCC#N. The van der Waals surface area contributed by atoms with Crippen LogP contribution in [-0.2, 0) is 0 Å². The van der Waals surface area contributed by atoms with Gasteiger partial charge in [0.1, 0.15) is 11.8 Å². The lowest BCUT2D eigenvalue weighted by Crippen LogP contribution is -1.97. The molecule has 74 valence electrons. The van der Waals surface area contributed by atoms with E-state index in [0.717, 1.165) is 11.1 Å². The van der Waals surface area contributed by atoms with Crippen molar-refractivity contribution in [3.63, 3.8) is 0 Å². The highest BCUT2D eigenvalue weighted by atomic mass is 16.5. The molecule has 1 aromatic carbocycles. The molecular formula is C11H13NO2. The summed E-state index contributed by atoms with van der Waals surface area (Å²) in [5.41, 5.74) is 1.78. The third-order valence-electron chi connectivity index (χ3n) is 1.97. The summed E-state index contributed by atoms with van der Waals surface area (Å²) >= 11 is 0. The molecule has 0 heterocycles. The van der Waals surface area contributed by atoms with Crippen molar-refractivity contribution in [3.8, 4) is 11.8 Å². The van der Waals surface area contributed by atoms with Gasteiger partial charge in [0.25, 0.3) is 0 Å². The van der Waals surface area contributed by atoms with Gasteiger partial charge in [-0.1, -0.05) is 6.07 Å². The third-order valence-corrected chi connectivity index (χ3v) is 1.97. The Morgan fingerprint density at radius 3 is 2.79 bits per heavy atom. The second kappa shape index (κ2) is 4.64. The number of aliphatic hydroxyl groups excluding tert-OH is 1. The smallest absolute Gasteiger partial charge is 0.174 e. The maximum Gasteiger partial charge on any atom is 0.174 e. The molecule has 14 heavy (non-hydrogen) atoms. The van der Waals surface area contributed by atoms with Crippen LogP contribution < -0.4 is 4.74 Å². The molecule has 0 fully saturated rings. The molecule has 0 spiro atoms. The van der Waals surface area contributed by atoms with Gasteiger partial charge in [-0.25, -0.2) is 0 Å². The number of nitriles is 1. The second-order valence-electron chi connectivity index (χ2n) is 3.15. The Hall–Kier alpha value is -1.53. The van der Waals surface area contributed by atoms with Gasteiger partial charge in [0.15, 0.2) is 6.61 Å². The van der Waals surface area contributed by atoms with E-state index in [9.17, 15) is 5.11 Å². The van der Waals surface area contributed by atoms with Gasteiger partial charge in [-0.2, -0.15) is 5.26 Å². The van der Waals surface area contributed by atoms with Gasteiger partial charge >= 0.3 is 0 Å². The highest BCUT2D eigenvalue weighted by molar-refractivity contribution is 5.37. The molecule has 1 atom stereocenters. The molecule has 0 aliphatic rings. The summed E-state index contributed by atoms with van der Waals surface area (Å²) < 4.78 is 5.18. The maximum atomic E-state index is 9.32. The van der Waals surface area contributed by atoms with E-state index in [-0.39, 0.29) is 6.61 Å². The van der Waals surface area contributed by atoms with Crippen molar-refractivity contribution in [2.45, 2.75) is 20.0 Å². The Balaban J connectivity index is 2.85. The molecule has 3 nitrogen and oxygen atoms in total. The highest BCUT2D eigenvalue weighted by Crippen LogP contribution is 2.22. The van der Waals surface area contributed by atoms with E-state index in [1.54, 1.807) is 19.1 Å². The number of benzene rings is 1. The van der Waals surface area contributed by atoms with Gasteiger partial charge in [0, 0.05) is 0 Å². The lowest BCUT2D eigenvalue weighted by Gasteiger charge is -2.09. The number of rotatable bonds is 3. The zero-order valence-electron chi connectivity index (χ0n) is 8.32. The van der Waals surface area contributed by atoms with Crippen molar-refractivity contribution in [2.24, 2.45) is 0 Å². The molecule has 0 saturated heterocycles. The van der Waals surface area contributed by atoms with Crippen LogP contribution >= 0.6 is 0 Å². The van der Waals surface area contributed by atoms with E-state index in [0.29, 0.717) is 5.75 Å². The fourth-order valence-electron chi connectivity index (χ4n) is 1.20. The van der Waals surface area contributed by atoms with Crippen molar-refractivity contribution < 1.29 is 9.84 Å². The zero-order valence-corrected chi connectivity index (χ0v) is 8.32. The van der Waals surface area contributed by atoms with Crippen molar-refractivity contribution in [2.75, 3.05) is 6.61 Å². The summed E-state index contributed by atoms with van der Waals surface area (Å²) in [6, 6.07) is 7.34. The summed E-state index contributed by atoms with van der Waals surface area (Å²) in [5.74, 6) is 0.691. The van der Waals surface area contributed by atoms with Crippen LogP contribution in [0, 0.1) is 18.3 Å². The van der Waals surface area contributed by atoms with Gasteiger partial charge in [0.05, 0.1) is 6.10 Å². The Morgan fingerprint density at radius 1 is 1.57 bits per heavy atom. The Kier molecular flexibility index (Phi) is 3.49. The predicted octanol–water partition coefficient (Wildman–Crippen LogP) is 1.95. The van der Waals surface area contributed by atoms with Crippen LogP contribution in [0.25, 0.3) is 0 Å². The van der Waals surface area contributed by atoms with Crippen LogP contribution in [-0.4, -0.2) is 11.7 Å². The first-order valence-corrected chi connectivity index (χ1v) is 4.43. The molecule has 3 heteroatoms. The normalized spacial score (nSPS) is 11.9. The fourth-order valence-corrected chi connectivity index (χ4v) is 1.20. The van der Waals surface area contributed by atoms with Gasteiger partial charge in [-0.3, -0.25) is 0 Å². The van der Waals surface area contributed by atoms with Gasteiger partial charge in [0.2, 0.25) is 0 Å². The highest BCUT2D eigenvalue weighted by Gasteiger charge is 2.04. The minimum atomic E-state index is -0.473. The molecule has 0 aliphatic carbocycles. The zero-order chi connectivity index (χ0) is 10.6. The molecule has 0 amide bonds. The quantitative estimate of drug-likeness (QED) is 0.794. The standard InChI is InChI=1S/C11H13NO2/c1-8-7-10(9(2)13)3-4-11(8)14-6-5-12/h3-4,7,9,13H,6H2,1-2H3/t9-/m1/s1. The van der Waals surface area contributed by atoms with Crippen LogP contribution in [0.5, 0.6) is 5.75 Å². The fraction of sp³-hybridized carbons (Fsp3) is 0.364. The van der Waals surface area contributed by atoms with Crippen LogP contribution in [0.1, 0.15) is 24.2 Å². The number of aryl methyl sites for hydroxylation is 1. The molecule has 0 radical (unpaired) electrons. The van der Waals surface area contributed by atoms with Gasteiger partial charge in [-0.15, -0.1) is 0 Å². The average Bonchev–Trinajstić information content (AvgIpc) is 2.15. The van der Waals surface area contributed by atoms with Gasteiger partial charge < -0.3 is 9.84 Å². The summed E-state index contributed by atoms with van der Waals surface area (Å²) in [7, 11) is 0. The van der Waals surface area contributed by atoms with Crippen molar-refractivity contribution in [1.82, 2.24) is 0 Å². The molecule has 0 unspecified atom stereocenters. The van der Waals surface area contributed by atoms with Crippen molar-refractivity contribution >= 4 is 0 Å². The number of aliphatic hydroxyl groups is 1. The number of hydrogen-bond acceptors (Lipinski definition) is 3. The molecule has 1 aromatic rings. The minimum Gasteiger partial charge on any atom is -0.478 e. The summed E-state index contributed by atoms with van der Waals surface area (Å²) in [5, 5.41) is 17.7. The molecule has 0 aliphatic heterocycles. The molecule has 1 rings (SSSR count). The first kappa shape index (κ1) is 10.6. The predicted molar refractivity (Wildman–Crippen MR) is 52.9 cm³/mol. The molecule has 1 N–H and O–H groups in total. The number of ether oxygens (including phenoxy) is 1. The topological polar surface area (TPSA) is 53.2 Å². The van der Waals surface area contributed by atoms with E-state index in [1.165, 1.54) is 0 Å². The average molecular weight is 191 g/mol. The van der Waals surface area contributed by atoms with Crippen LogP contribution in [0.4, 0.5) is 0 Å². The van der Waals surface area contributed by atoms with E-state index < -0.39 is 6.10 Å². The Bertz CT molecular complexity index is 353. The maximum absolute atomic E-state index is 9.32. The van der Waals surface area contributed by atoms with E-state index in [1.807, 2.05) is 19.1 Å². The summed E-state index contributed by atoms with van der Waals surface area (Å²) in [4.78, 5) is 0. The number of hydrogen-bond donors (Lipinski definition) is 1. The third kappa shape index (κ3) is 2.48. The van der Waals surface area contributed by atoms with E-state index in [4.69, 9.17) is 10.00 Å². The Labute approximate surface area is 83.6 Å². The molecule has 0 aromatic heterocycles. The van der Waals surface area contributed by atoms with Crippen LogP contribution in [0.15, 0.2) is 18.2 Å². The lowest BCUT2D eigenvalue weighted by atomic mass is 10.1. The molecule has 0 saturated carbocycles. The van der Waals surface area contributed by atoms with E-state index in [2.05, 4.69) is 0 Å². The first-order chi connectivity index (χ1) is 6.65. The molecule has 0 bridgehead atoms. The van der Waals surface area contributed by atoms with Crippen LogP contribution in [0.3, 0.4) is 0 Å². The lowest BCUT2D eigenvalue weighted by molar-refractivity contribution is 0.199. The van der Waals surface area contributed by atoms with Gasteiger partial charge in [-0.05, 0) is 37.1 Å². The summed E-state index contributed by atoms with van der Waals surface area (Å²) in [6.07, 6.45) is -0.473. The molecular weight excluding hydrogens is 178 g/mol. The minimum absolute atomic E-state index is 0.0505. The Morgan fingerprint density at radius 2 is 2.29 bits per heavy atom.